The number of amides is 1. The Bertz CT molecular complexity index is 756. The van der Waals surface area contributed by atoms with Crippen molar-refractivity contribution in [1.29, 1.82) is 0 Å². The van der Waals surface area contributed by atoms with Crippen LogP contribution < -0.4 is 10.1 Å². The molecular formula is C17H16Cl2N2O4. The van der Waals surface area contributed by atoms with Gasteiger partial charge in [0.05, 0.1) is 21.6 Å². The highest BCUT2D eigenvalue weighted by Crippen LogP contribution is 2.34. The Morgan fingerprint density at radius 1 is 1.20 bits per heavy atom. The summed E-state index contributed by atoms with van der Waals surface area (Å²) < 4.78 is 5.54. The molecule has 0 unspecified atom stereocenters. The van der Waals surface area contributed by atoms with Crippen molar-refractivity contribution in [2.45, 2.75) is 19.8 Å². The van der Waals surface area contributed by atoms with Gasteiger partial charge < -0.3 is 10.1 Å². The Morgan fingerprint density at radius 3 is 2.32 bits per heavy atom. The van der Waals surface area contributed by atoms with E-state index < -0.39 is 10.8 Å². The maximum atomic E-state index is 12.3. The first-order chi connectivity index (χ1) is 11.9. The Morgan fingerprint density at radius 2 is 1.80 bits per heavy atom. The van der Waals surface area contributed by atoms with Crippen LogP contribution in [0.1, 0.15) is 30.1 Å². The van der Waals surface area contributed by atoms with Crippen LogP contribution in [0.15, 0.2) is 36.4 Å². The van der Waals surface area contributed by atoms with Crippen LogP contribution in [0.25, 0.3) is 0 Å². The van der Waals surface area contributed by atoms with Crippen molar-refractivity contribution >= 4 is 40.5 Å². The monoisotopic (exact) mass is 382 g/mol. The molecule has 0 aliphatic rings. The number of anilines is 1. The normalized spacial score (nSPS) is 10.4. The van der Waals surface area contributed by atoms with E-state index in [-0.39, 0.29) is 21.3 Å². The van der Waals surface area contributed by atoms with Gasteiger partial charge in [-0.1, -0.05) is 36.5 Å². The van der Waals surface area contributed by atoms with Gasteiger partial charge in [-0.25, -0.2) is 0 Å². The second kappa shape index (κ2) is 8.69. The van der Waals surface area contributed by atoms with Gasteiger partial charge in [0.15, 0.2) is 5.75 Å². The van der Waals surface area contributed by atoms with Gasteiger partial charge >= 0.3 is 0 Å². The molecule has 1 amide bonds. The highest BCUT2D eigenvalue weighted by atomic mass is 35.5. The average Bonchev–Trinajstić information content (AvgIpc) is 2.57. The Balaban J connectivity index is 2.12. The fourth-order valence-corrected chi connectivity index (χ4v) is 2.61. The van der Waals surface area contributed by atoms with Gasteiger partial charge in [-0.3, -0.25) is 14.9 Å². The summed E-state index contributed by atoms with van der Waals surface area (Å²) in [4.78, 5) is 22.4. The fourth-order valence-electron chi connectivity index (χ4n) is 2.02. The number of unbranched alkanes of at least 4 members (excludes halogenated alkanes) is 1. The smallest absolute Gasteiger partial charge is 0.269 e. The molecule has 0 aliphatic heterocycles. The molecule has 6 nitrogen and oxygen atoms in total. The number of nitrogens with one attached hydrogen (secondary N) is 1. The Hall–Kier alpha value is -2.31. The standard InChI is InChI=1S/C17H16Cl2N2O4/c1-2-3-8-25-16-14(18)9-11(10-15(16)19)17(22)20-12-4-6-13(7-5-12)21(23)24/h4-7,9-10H,2-3,8H2,1H3,(H,20,22). The van der Waals surface area contributed by atoms with Crippen LogP contribution in [0.3, 0.4) is 0 Å². The van der Waals surface area contributed by atoms with Crippen LogP contribution in [0.4, 0.5) is 11.4 Å². The van der Waals surface area contributed by atoms with E-state index in [4.69, 9.17) is 27.9 Å². The number of halogens is 2. The molecule has 8 heteroatoms. The predicted octanol–water partition coefficient (Wildman–Crippen LogP) is 5.33. The minimum absolute atomic E-state index is 0.0577. The minimum atomic E-state index is -0.511. The highest BCUT2D eigenvalue weighted by molar-refractivity contribution is 6.37. The molecule has 2 rings (SSSR count). The molecule has 0 aliphatic carbocycles. The summed E-state index contributed by atoms with van der Waals surface area (Å²) in [7, 11) is 0. The number of benzene rings is 2. The molecule has 1 N–H and O–H groups in total. The minimum Gasteiger partial charge on any atom is -0.490 e. The van der Waals surface area contributed by atoms with Gasteiger partial charge in [0.2, 0.25) is 0 Å². The van der Waals surface area contributed by atoms with Crippen LogP contribution in [-0.4, -0.2) is 17.4 Å². The van der Waals surface area contributed by atoms with Crippen molar-refractivity contribution < 1.29 is 14.5 Å². The van der Waals surface area contributed by atoms with Crippen LogP contribution in [0.5, 0.6) is 5.75 Å². The topological polar surface area (TPSA) is 81.5 Å². The van der Waals surface area contributed by atoms with Crippen molar-refractivity contribution in [2.24, 2.45) is 0 Å². The van der Waals surface area contributed by atoms with Gasteiger partial charge in [0, 0.05) is 23.4 Å². The van der Waals surface area contributed by atoms with Gasteiger partial charge in [-0.15, -0.1) is 0 Å². The lowest BCUT2D eigenvalue weighted by molar-refractivity contribution is -0.384. The van der Waals surface area contributed by atoms with Crippen LogP contribution in [0.2, 0.25) is 10.0 Å². The van der Waals surface area contributed by atoms with E-state index in [2.05, 4.69) is 5.32 Å². The van der Waals surface area contributed by atoms with Gasteiger partial charge in [0.1, 0.15) is 0 Å². The number of carbonyl (C=O) groups is 1. The number of rotatable bonds is 7. The van der Waals surface area contributed by atoms with E-state index in [0.717, 1.165) is 12.8 Å². The maximum absolute atomic E-state index is 12.3. The molecule has 0 saturated heterocycles. The Labute approximate surface area is 154 Å². The molecule has 0 bridgehead atoms. The number of carbonyl (C=O) groups excluding carboxylic acids is 1. The molecule has 0 heterocycles. The highest BCUT2D eigenvalue weighted by Gasteiger charge is 2.15. The summed E-state index contributed by atoms with van der Waals surface area (Å²) in [6.45, 7) is 2.53. The molecule has 2 aromatic carbocycles. The zero-order valence-corrected chi connectivity index (χ0v) is 14.9. The summed E-state index contributed by atoms with van der Waals surface area (Å²) in [6, 6.07) is 8.44. The molecule has 2 aromatic rings. The molecule has 0 aromatic heterocycles. The van der Waals surface area contributed by atoms with E-state index in [9.17, 15) is 14.9 Å². The van der Waals surface area contributed by atoms with Crippen LogP contribution >= 0.6 is 23.2 Å². The Kier molecular flexibility index (Phi) is 6.61. The van der Waals surface area contributed by atoms with Crippen LogP contribution in [0, 0.1) is 10.1 Å². The molecular weight excluding hydrogens is 367 g/mol. The first-order valence-electron chi connectivity index (χ1n) is 7.60. The second-order valence-corrected chi connectivity index (χ2v) is 6.04. The number of nitro groups is 1. The molecule has 0 radical (unpaired) electrons. The van der Waals surface area contributed by atoms with Gasteiger partial charge in [0.25, 0.3) is 11.6 Å². The van der Waals surface area contributed by atoms with E-state index >= 15 is 0 Å². The summed E-state index contributed by atoms with van der Waals surface area (Å²) in [5, 5.41) is 13.8. The quantitative estimate of drug-likeness (QED) is 0.398. The predicted molar refractivity (Wildman–Crippen MR) is 97.9 cm³/mol. The summed E-state index contributed by atoms with van der Waals surface area (Å²) >= 11 is 12.3. The van der Waals surface area contributed by atoms with Gasteiger partial charge in [-0.2, -0.15) is 0 Å². The molecule has 0 saturated carbocycles. The van der Waals surface area contributed by atoms with Crippen molar-refractivity contribution in [3.8, 4) is 5.75 Å². The first kappa shape index (κ1) is 19.0. The fraction of sp³-hybridized carbons (Fsp3) is 0.235. The summed E-state index contributed by atoms with van der Waals surface area (Å²) in [6.07, 6.45) is 1.85. The molecule has 25 heavy (non-hydrogen) atoms. The largest absolute Gasteiger partial charge is 0.490 e. The van der Waals surface area contributed by atoms with Crippen molar-refractivity contribution in [2.75, 3.05) is 11.9 Å². The molecule has 0 atom stereocenters. The molecule has 132 valence electrons. The number of nitro benzene ring substituents is 1. The number of non-ortho nitro benzene ring substituents is 1. The van der Waals surface area contributed by atoms with E-state index in [1.807, 2.05) is 6.92 Å². The third kappa shape index (κ3) is 5.08. The first-order valence-corrected chi connectivity index (χ1v) is 8.35. The van der Waals surface area contributed by atoms with E-state index in [1.165, 1.54) is 36.4 Å². The summed E-state index contributed by atoms with van der Waals surface area (Å²) in [5.74, 6) is -0.0820. The SMILES string of the molecule is CCCCOc1c(Cl)cc(C(=O)Nc2ccc([N+](=O)[O-])cc2)cc1Cl. The van der Waals surface area contributed by atoms with Crippen molar-refractivity contribution in [3.63, 3.8) is 0 Å². The number of hydrogen-bond donors (Lipinski definition) is 1. The zero-order chi connectivity index (χ0) is 18.4. The number of ether oxygens (including phenoxy) is 1. The zero-order valence-electron chi connectivity index (χ0n) is 13.4. The van der Waals surface area contributed by atoms with Crippen molar-refractivity contribution in [1.82, 2.24) is 0 Å². The lowest BCUT2D eigenvalue weighted by atomic mass is 10.2. The number of hydrogen-bond acceptors (Lipinski definition) is 4. The number of nitrogens with zero attached hydrogens (tertiary/aromatic N) is 1. The molecule has 0 spiro atoms. The second-order valence-electron chi connectivity index (χ2n) is 5.23. The lowest BCUT2D eigenvalue weighted by Crippen LogP contribution is -2.12. The third-order valence-corrected chi connectivity index (χ3v) is 3.90. The third-order valence-electron chi connectivity index (χ3n) is 3.34. The summed E-state index contributed by atoms with van der Waals surface area (Å²) in [5.41, 5.74) is 0.625. The maximum Gasteiger partial charge on any atom is 0.269 e. The molecule has 0 fully saturated rings. The lowest BCUT2D eigenvalue weighted by Gasteiger charge is -2.12. The van der Waals surface area contributed by atoms with Crippen molar-refractivity contribution in [3.05, 3.63) is 62.1 Å². The van der Waals surface area contributed by atoms with Crippen LogP contribution in [-0.2, 0) is 0 Å². The average molecular weight is 383 g/mol. The van der Waals surface area contributed by atoms with E-state index in [1.54, 1.807) is 0 Å². The van der Waals surface area contributed by atoms with E-state index in [0.29, 0.717) is 18.0 Å². The van der Waals surface area contributed by atoms with Gasteiger partial charge in [-0.05, 0) is 30.7 Å².